The lowest BCUT2D eigenvalue weighted by molar-refractivity contribution is -0.390. The zero-order valence-electron chi connectivity index (χ0n) is 8.96. The first-order valence-corrected chi connectivity index (χ1v) is 4.41. The van der Waals surface area contributed by atoms with Gasteiger partial charge in [-0.2, -0.15) is 13.2 Å². The van der Waals surface area contributed by atoms with Crippen LogP contribution in [-0.4, -0.2) is 16.3 Å². The van der Waals surface area contributed by atoms with Crippen molar-refractivity contribution in [3.8, 4) is 5.75 Å². The van der Waals surface area contributed by atoms with Gasteiger partial charge in [0.1, 0.15) is 5.75 Å². The topological polar surface area (TPSA) is 65.3 Å². The second kappa shape index (κ2) is 4.55. The second-order valence-electron chi connectivity index (χ2n) is 3.26. The first-order valence-electron chi connectivity index (χ1n) is 4.41. The van der Waals surface area contributed by atoms with Crippen LogP contribution in [0.5, 0.6) is 5.75 Å². The molecule has 1 rings (SSSR count). The highest BCUT2D eigenvalue weighted by atomic mass is 19.4. The number of hydrogen-bond acceptors (Lipinski definition) is 4. The van der Waals surface area contributed by atoms with Crippen LogP contribution in [0.2, 0.25) is 0 Å². The molecule has 11 heteroatoms. The fraction of sp³-hybridized carbons (Fsp3) is 0.375. The molecule has 0 N–H and O–H groups in total. The Balaban J connectivity index is 3.45. The molecule has 0 bridgehead atoms. The first kappa shape index (κ1) is 15.0. The van der Waals surface area contributed by atoms with Crippen molar-refractivity contribution in [2.75, 3.05) is 0 Å². The maximum absolute atomic E-state index is 12.4. The molecule has 0 atom stereocenters. The Morgan fingerprint density at radius 1 is 1.26 bits per heavy atom. The van der Waals surface area contributed by atoms with Gasteiger partial charge in [-0.3, -0.25) is 0 Å². The number of ether oxygens (including phenoxy) is 1. The minimum Gasteiger partial charge on any atom is -0.405 e. The maximum atomic E-state index is 12.4. The second-order valence-corrected chi connectivity index (χ2v) is 3.26. The molecule has 0 radical (unpaired) electrons. The third-order valence-electron chi connectivity index (χ3n) is 1.89. The number of alkyl halides is 6. The normalized spacial score (nSPS) is 12.4. The molecule has 106 valence electrons. The highest BCUT2D eigenvalue weighted by Gasteiger charge is 2.41. The van der Waals surface area contributed by atoms with Crippen LogP contribution < -0.4 is 4.74 Å². The molecule has 0 fully saturated rings. The fourth-order valence-corrected chi connectivity index (χ4v) is 1.13. The minimum atomic E-state index is -5.27. The Labute approximate surface area is 101 Å². The quantitative estimate of drug-likeness (QED) is 0.476. The summed E-state index contributed by atoms with van der Waals surface area (Å²) in [5.41, 5.74) is -2.60. The van der Waals surface area contributed by atoms with E-state index in [2.05, 4.69) is 9.72 Å². The predicted molar refractivity (Wildman–Crippen MR) is 47.3 cm³/mol. The monoisotopic (exact) mass is 290 g/mol. The standard InChI is InChI=1S/C8H4F6N2O3/c1-3-4(19-8(12,13)14)2-5(7(9,10)11)15-6(3)16(17)18/h2H,1H3. The van der Waals surface area contributed by atoms with Crippen molar-refractivity contribution in [1.29, 1.82) is 0 Å². The van der Waals surface area contributed by atoms with Crippen molar-refractivity contribution in [2.24, 2.45) is 0 Å². The van der Waals surface area contributed by atoms with Crippen LogP contribution in [0.25, 0.3) is 0 Å². The highest BCUT2D eigenvalue weighted by Crippen LogP contribution is 2.36. The third-order valence-corrected chi connectivity index (χ3v) is 1.89. The summed E-state index contributed by atoms with van der Waals surface area (Å²) in [7, 11) is 0. The van der Waals surface area contributed by atoms with Crippen molar-refractivity contribution in [1.82, 2.24) is 4.98 Å². The molecule has 19 heavy (non-hydrogen) atoms. The number of nitrogens with zero attached hydrogens (tertiary/aromatic N) is 2. The van der Waals surface area contributed by atoms with E-state index in [4.69, 9.17) is 0 Å². The smallest absolute Gasteiger partial charge is 0.405 e. The number of pyridine rings is 1. The number of rotatable bonds is 2. The van der Waals surface area contributed by atoms with Crippen LogP contribution in [0.15, 0.2) is 6.07 Å². The number of hydrogen-bond donors (Lipinski definition) is 0. The van der Waals surface area contributed by atoms with E-state index < -0.39 is 40.3 Å². The molecular formula is C8H4F6N2O3. The maximum Gasteiger partial charge on any atom is 0.573 e. The van der Waals surface area contributed by atoms with Crippen molar-refractivity contribution < 1.29 is 36.0 Å². The lowest BCUT2D eigenvalue weighted by Gasteiger charge is -2.12. The Morgan fingerprint density at radius 2 is 1.79 bits per heavy atom. The summed E-state index contributed by atoms with van der Waals surface area (Å²) in [6.45, 7) is 0.798. The van der Waals surface area contributed by atoms with Gasteiger partial charge >= 0.3 is 18.4 Å². The highest BCUT2D eigenvalue weighted by molar-refractivity contribution is 5.45. The van der Waals surface area contributed by atoms with Crippen LogP contribution in [0.4, 0.5) is 32.2 Å². The SMILES string of the molecule is Cc1c(OC(F)(F)F)cc(C(F)(F)F)nc1[N+](=O)[O-]. The van der Waals surface area contributed by atoms with Crippen molar-refractivity contribution in [3.63, 3.8) is 0 Å². The van der Waals surface area contributed by atoms with E-state index >= 15 is 0 Å². The van der Waals surface area contributed by atoms with E-state index in [1.165, 1.54) is 0 Å². The van der Waals surface area contributed by atoms with E-state index in [1.54, 1.807) is 0 Å². The molecule has 0 amide bonds. The number of aromatic nitrogens is 1. The summed E-state index contributed by atoms with van der Waals surface area (Å²) in [6, 6.07) is -0.0458. The first-order chi connectivity index (χ1) is 8.42. The van der Waals surface area contributed by atoms with Gasteiger partial charge in [-0.15, -0.1) is 13.2 Å². The van der Waals surface area contributed by atoms with Gasteiger partial charge in [0.15, 0.2) is 0 Å². The third kappa shape index (κ3) is 3.69. The Kier molecular flexibility index (Phi) is 3.59. The molecule has 0 saturated heterocycles. The Hall–Kier alpha value is -2.07. The molecule has 1 aromatic rings. The van der Waals surface area contributed by atoms with Crippen LogP contribution in [0.3, 0.4) is 0 Å². The zero-order valence-corrected chi connectivity index (χ0v) is 8.96. The van der Waals surface area contributed by atoms with Gasteiger partial charge in [0.2, 0.25) is 0 Å². The largest absolute Gasteiger partial charge is 0.573 e. The average Bonchev–Trinajstić information content (AvgIpc) is 2.16. The molecule has 0 unspecified atom stereocenters. The van der Waals surface area contributed by atoms with Crippen molar-refractivity contribution >= 4 is 5.82 Å². The van der Waals surface area contributed by atoms with Crippen molar-refractivity contribution in [2.45, 2.75) is 19.5 Å². The van der Waals surface area contributed by atoms with Crippen LogP contribution in [-0.2, 0) is 6.18 Å². The van der Waals surface area contributed by atoms with E-state index in [9.17, 15) is 36.5 Å². The fourth-order valence-electron chi connectivity index (χ4n) is 1.13. The Morgan fingerprint density at radius 3 is 2.16 bits per heavy atom. The van der Waals surface area contributed by atoms with Gasteiger partial charge in [-0.25, -0.2) is 0 Å². The summed E-state index contributed by atoms with van der Waals surface area (Å²) >= 11 is 0. The van der Waals surface area contributed by atoms with Crippen LogP contribution in [0, 0.1) is 17.0 Å². The van der Waals surface area contributed by atoms with Gasteiger partial charge in [-0.1, -0.05) is 0 Å². The molecule has 5 nitrogen and oxygen atoms in total. The molecule has 0 aliphatic carbocycles. The number of nitro groups is 1. The van der Waals surface area contributed by atoms with Gasteiger partial charge in [0, 0.05) is 6.07 Å². The Bertz CT molecular complexity index is 510. The molecule has 0 aliphatic heterocycles. The van der Waals surface area contributed by atoms with Crippen LogP contribution >= 0.6 is 0 Å². The molecule has 0 saturated carbocycles. The van der Waals surface area contributed by atoms with E-state index in [1.807, 2.05) is 0 Å². The van der Waals surface area contributed by atoms with Gasteiger partial charge < -0.3 is 14.9 Å². The van der Waals surface area contributed by atoms with E-state index in [0.717, 1.165) is 6.92 Å². The lowest BCUT2D eigenvalue weighted by atomic mass is 10.2. The van der Waals surface area contributed by atoms with E-state index in [0.29, 0.717) is 0 Å². The average molecular weight is 290 g/mol. The van der Waals surface area contributed by atoms with Crippen molar-refractivity contribution in [3.05, 3.63) is 27.4 Å². The summed E-state index contributed by atoms with van der Waals surface area (Å²) in [5, 5.41) is 10.5. The van der Waals surface area contributed by atoms with Gasteiger partial charge in [-0.05, 0) is 16.8 Å². The van der Waals surface area contributed by atoms with Gasteiger partial charge in [0.05, 0.1) is 5.56 Å². The zero-order chi connectivity index (χ0) is 15.0. The van der Waals surface area contributed by atoms with Crippen LogP contribution in [0.1, 0.15) is 11.3 Å². The summed E-state index contributed by atoms with van der Waals surface area (Å²) in [5.74, 6) is -2.67. The molecule has 0 aromatic carbocycles. The molecule has 0 spiro atoms. The molecule has 0 aliphatic rings. The molecular weight excluding hydrogens is 286 g/mol. The lowest BCUT2D eigenvalue weighted by Crippen LogP contribution is -2.19. The summed E-state index contributed by atoms with van der Waals surface area (Å²) < 4.78 is 76.3. The minimum absolute atomic E-state index is 0.0458. The molecule has 1 aromatic heterocycles. The number of halogens is 6. The summed E-state index contributed by atoms with van der Waals surface area (Å²) in [4.78, 5) is 11.8. The van der Waals surface area contributed by atoms with E-state index in [-0.39, 0.29) is 6.07 Å². The van der Waals surface area contributed by atoms with Gasteiger partial charge in [0.25, 0.3) is 5.69 Å². The summed E-state index contributed by atoms with van der Waals surface area (Å²) in [6.07, 6.45) is -10.4. The predicted octanol–water partition coefficient (Wildman–Crippen LogP) is 3.22. The molecule has 1 heterocycles.